The predicted octanol–water partition coefficient (Wildman–Crippen LogP) is 0.532. The van der Waals surface area contributed by atoms with Gasteiger partial charge in [0.25, 0.3) is 5.91 Å². The Labute approximate surface area is 174 Å². The van der Waals surface area contributed by atoms with Gasteiger partial charge in [0.2, 0.25) is 5.95 Å². The number of benzene rings is 1. The van der Waals surface area contributed by atoms with Gasteiger partial charge in [-0.25, -0.2) is 4.98 Å². The average molecular weight is 420 g/mol. The fraction of sp³-hybridized carbons (Fsp3) is 0.389. The molecule has 1 saturated carbocycles. The highest BCUT2D eigenvalue weighted by Crippen LogP contribution is 2.31. The van der Waals surface area contributed by atoms with Crippen LogP contribution in [0.2, 0.25) is 0 Å². The molecule has 0 unspecified atom stereocenters. The van der Waals surface area contributed by atoms with E-state index in [4.69, 9.17) is 10.5 Å². The third-order valence-electron chi connectivity index (χ3n) is 4.70. The average Bonchev–Trinajstić information content (AvgIpc) is 2.82. The number of nitrogens with zero attached hydrogens (tertiary/aromatic N) is 2. The van der Waals surface area contributed by atoms with Gasteiger partial charge < -0.3 is 36.6 Å². The quantitative estimate of drug-likeness (QED) is 0.406. The normalized spacial score (nSPS) is 22.5. The van der Waals surface area contributed by atoms with Crippen molar-refractivity contribution in [2.24, 2.45) is 5.73 Å². The van der Waals surface area contributed by atoms with Gasteiger partial charge in [0, 0.05) is 24.5 Å². The summed E-state index contributed by atoms with van der Waals surface area (Å²) in [6.45, 7) is 0.622. The molecule has 1 fully saturated rings. The predicted molar refractivity (Wildman–Crippen MR) is 113 cm³/mol. The SMILES string of the molecule is NC(=O)c1cnc(Nc2ccc3c(c2)NC[C@H](O)CO3)nc1NC1CC(O)C1.S. The number of primary amides is 1. The molecule has 1 atom stereocenters. The van der Waals surface area contributed by atoms with Crippen LogP contribution in [-0.2, 0) is 0 Å². The molecule has 2 aliphatic rings. The molecule has 0 bridgehead atoms. The number of amides is 1. The van der Waals surface area contributed by atoms with Crippen LogP contribution in [0, 0.1) is 0 Å². The first-order valence-electron chi connectivity index (χ1n) is 9.05. The van der Waals surface area contributed by atoms with Gasteiger partial charge in [0.05, 0.1) is 17.4 Å². The Kier molecular flexibility index (Phi) is 6.30. The topological polar surface area (TPSA) is 155 Å². The van der Waals surface area contributed by atoms with Crippen LogP contribution in [0.25, 0.3) is 0 Å². The first-order chi connectivity index (χ1) is 13.5. The van der Waals surface area contributed by atoms with Crippen LogP contribution in [0.1, 0.15) is 23.2 Å². The molecule has 1 aromatic carbocycles. The lowest BCUT2D eigenvalue weighted by atomic mass is 9.89. The molecule has 1 aliphatic carbocycles. The number of anilines is 4. The number of carbonyl (C=O) groups is 1. The van der Waals surface area contributed by atoms with E-state index in [2.05, 4.69) is 25.9 Å². The van der Waals surface area contributed by atoms with Crippen LogP contribution >= 0.6 is 13.5 Å². The maximum atomic E-state index is 11.7. The lowest BCUT2D eigenvalue weighted by Gasteiger charge is -2.32. The first-order valence-corrected chi connectivity index (χ1v) is 9.05. The summed E-state index contributed by atoms with van der Waals surface area (Å²) >= 11 is 0. The van der Waals surface area contributed by atoms with E-state index in [0.29, 0.717) is 42.6 Å². The number of hydrogen-bond donors (Lipinski definition) is 6. The summed E-state index contributed by atoms with van der Waals surface area (Å²) < 4.78 is 5.54. The van der Waals surface area contributed by atoms with E-state index in [-0.39, 0.29) is 37.8 Å². The maximum absolute atomic E-state index is 11.7. The Morgan fingerprint density at radius 1 is 1.28 bits per heavy atom. The third-order valence-corrected chi connectivity index (χ3v) is 4.70. The van der Waals surface area contributed by atoms with E-state index in [0.717, 1.165) is 5.69 Å². The molecule has 4 rings (SSSR count). The summed E-state index contributed by atoms with van der Waals surface area (Å²) in [4.78, 5) is 20.2. The van der Waals surface area contributed by atoms with Crippen LogP contribution in [0.3, 0.4) is 0 Å². The fourth-order valence-corrected chi connectivity index (χ4v) is 3.10. The molecular formula is C18H24N6O4S. The highest BCUT2D eigenvalue weighted by molar-refractivity contribution is 7.59. The molecule has 29 heavy (non-hydrogen) atoms. The molecule has 0 saturated heterocycles. The Bertz CT molecular complexity index is 893. The van der Waals surface area contributed by atoms with E-state index in [1.807, 2.05) is 6.07 Å². The highest BCUT2D eigenvalue weighted by atomic mass is 32.1. The van der Waals surface area contributed by atoms with Crippen molar-refractivity contribution in [3.05, 3.63) is 30.0 Å². The van der Waals surface area contributed by atoms with Crippen LogP contribution in [0.5, 0.6) is 5.75 Å². The lowest BCUT2D eigenvalue weighted by molar-refractivity contribution is 0.0835. The number of nitrogens with one attached hydrogen (secondary N) is 3. The number of fused-ring (bicyclic) bond motifs is 1. The molecule has 0 spiro atoms. The second-order valence-corrected chi connectivity index (χ2v) is 6.97. The Morgan fingerprint density at radius 2 is 2.07 bits per heavy atom. The van der Waals surface area contributed by atoms with Crippen molar-refractivity contribution in [1.82, 2.24) is 9.97 Å². The molecule has 0 radical (unpaired) electrons. The van der Waals surface area contributed by atoms with Crippen LogP contribution < -0.4 is 26.4 Å². The zero-order valence-corrected chi connectivity index (χ0v) is 16.6. The van der Waals surface area contributed by atoms with Crippen LogP contribution in [0.15, 0.2) is 24.4 Å². The third kappa shape index (κ3) is 4.81. The van der Waals surface area contributed by atoms with E-state index >= 15 is 0 Å². The van der Waals surface area contributed by atoms with Gasteiger partial charge in [0.15, 0.2) is 0 Å². The Balaban J connectivity index is 0.00000240. The number of aromatic nitrogens is 2. The molecule has 156 valence electrons. The monoisotopic (exact) mass is 420 g/mol. The number of aliphatic hydroxyl groups is 2. The van der Waals surface area contributed by atoms with Gasteiger partial charge >= 0.3 is 0 Å². The summed E-state index contributed by atoms with van der Waals surface area (Å²) in [5.41, 5.74) is 7.06. The number of ether oxygens (including phenoxy) is 1. The number of hydrogen-bond acceptors (Lipinski definition) is 9. The van der Waals surface area contributed by atoms with Crippen molar-refractivity contribution in [2.45, 2.75) is 31.1 Å². The molecular weight excluding hydrogens is 396 g/mol. The number of rotatable bonds is 5. The second kappa shape index (κ2) is 8.72. The zero-order valence-electron chi connectivity index (χ0n) is 15.6. The van der Waals surface area contributed by atoms with Crippen molar-refractivity contribution < 1.29 is 19.7 Å². The van der Waals surface area contributed by atoms with Crippen molar-refractivity contribution in [1.29, 1.82) is 0 Å². The minimum absolute atomic E-state index is 0. The summed E-state index contributed by atoms with van der Waals surface area (Å²) in [6.07, 6.45) is 1.64. The minimum atomic E-state index is -0.626. The van der Waals surface area contributed by atoms with Crippen molar-refractivity contribution >= 4 is 42.5 Å². The maximum Gasteiger partial charge on any atom is 0.254 e. The van der Waals surface area contributed by atoms with Crippen LogP contribution in [-0.4, -0.2) is 57.5 Å². The largest absolute Gasteiger partial charge is 0.489 e. The van der Waals surface area contributed by atoms with Crippen molar-refractivity contribution in [3.8, 4) is 5.75 Å². The summed E-state index contributed by atoms with van der Waals surface area (Å²) in [7, 11) is 0. The molecule has 10 nitrogen and oxygen atoms in total. The molecule has 2 heterocycles. The lowest BCUT2D eigenvalue weighted by Crippen LogP contribution is -2.39. The summed E-state index contributed by atoms with van der Waals surface area (Å²) in [5.74, 6) is 0.653. The molecule has 1 aromatic heterocycles. The number of β-amino-alcohol motifs (C(OH)–C–C–N with tert-alkyl or cyclic N) is 1. The van der Waals surface area contributed by atoms with Crippen LogP contribution in [0.4, 0.5) is 23.1 Å². The van der Waals surface area contributed by atoms with E-state index < -0.39 is 12.0 Å². The Hall–Kier alpha value is -2.76. The van der Waals surface area contributed by atoms with E-state index in [1.165, 1.54) is 6.20 Å². The van der Waals surface area contributed by atoms with Gasteiger partial charge in [-0.1, -0.05) is 0 Å². The highest BCUT2D eigenvalue weighted by Gasteiger charge is 2.28. The molecule has 1 amide bonds. The fourth-order valence-electron chi connectivity index (χ4n) is 3.10. The standard InChI is InChI=1S/C18H22N6O4.H2S/c19-16(27)13-7-21-18(24-17(13)22-10-3-11(25)4-10)23-9-1-2-15-14(5-9)20-6-12(26)8-28-15;/h1-2,5,7,10-12,20,25-26H,3-4,6,8H2,(H2,19,27)(H2,21,22,23,24);1H2/t10?,11?,12-;/m0./s1. The second-order valence-electron chi connectivity index (χ2n) is 6.97. The van der Waals surface area contributed by atoms with E-state index in [1.54, 1.807) is 12.1 Å². The molecule has 7 N–H and O–H groups in total. The van der Waals surface area contributed by atoms with Crippen molar-refractivity contribution in [3.63, 3.8) is 0 Å². The smallest absolute Gasteiger partial charge is 0.254 e. The summed E-state index contributed by atoms with van der Waals surface area (Å²) in [6, 6.07) is 5.46. The molecule has 11 heteroatoms. The summed E-state index contributed by atoms with van der Waals surface area (Å²) in [5, 5.41) is 28.5. The Morgan fingerprint density at radius 3 is 2.79 bits per heavy atom. The molecule has 1 aliphatic heterocycles. The first kappa shape index (κ1) is 21.0. The molecule has 2 aromatic rings. The van der Waals surface area contributed by atoms with Gasteiger partial charge in [0.1, 0.15) is 24.3 Å². The van der Waals surface area contributed by atoms with Gasteiger partial charge in [-0.05, 0) is 31.0 Å². The van der Waals surface area contributed by atoms with Gasteiger partial charge in [-0.15, -0.1) is 0 Å². The minimum Gasteiger partial charge on any atom is -0.489 e. The van der Waals surface area contributed by atoms with Gasteiger partial charge in [-0.3, -0.25) is 4.79 Å². The number of aliphatic hydroxyl groups excluding tert-OH is 2. The zero-order chi connectivity index (χ0) is 19.7. The van der Waals surface area contributed by atoms with Crippen molar-refractivity contribution in [2.75, 3.05) is 29.1 Å². The number of carbonyl (C=O) groups excluding carboxylic acids is 1. The van der Waals surface area contributed by atoms with Gasteiger partial charge in [-0.2, -0.15) is 18.5 Å². The number of nitrogens with two attached hydrogens (primary N) is 1. The van der Waals surface area contributed by atoms with E-state index in [9.17, 15) is 15.0 Å².